The van der Waals surface area contributed by atoms with Crippen LogP contribution >= 0.6 is 0 Å². The van der Waals surface area contributed by atoms with Crippen molar-refractivity contribution in [3.63, 3.8) is 0 Å². The maximum atomic E-state index is 12.2. The monoisotopic (exact) mass is 364 g/mol. The van der Waals surface area contributed by atoms with Gasteiger partial charge in [0.05, 0.1) is 12.3 Å². The summed E-state index contributed by atoms with van der Waals surface area (Å²) in [4.78, 5) is 28.2. The average molecular weight is 364 g/mol. The molecular formula is C20H20N4O3. The molecule has 0 radical (unpaired) electrons. The SMILES string of the molecule is CCOc1ccc(-c2ccc(=O)n(CC(=O)NCc3cccnc3)n2)cc1. The molecule has 0 unspecified atom stereocenters. The molecule has 1 amide bonds. The molecule has 0 aliphatic carbocycles. The van der Waals surface area contributed by atoms with E-state index in [0.29, 0.717) is 18.8 Å². The summed E-state index contributed by atoms with van der Waals surface area (Å²) in [6.45, 7) is 2.71. The van der Waals surface area contributed by atoms with Crippen molar-refractivity contribution in [2.75, 3.05) is 6.61 Å². The van der Waals surface area contributed by atoms with E-state index in [1.165, 1.54) is 6.07 Å². The van der Waals surface area contributed by atoms with Crippen LogP contribution in [-0.4, -0.2) is 27.3 Å². The van der Waals surface area contributed by atoms with E-state index in [2.05, 4.69) is 15.4 Å². The Labute approximate surface area is 156 Å². The van der Waals surface area contributed by atoms with Gasteiger partial charge in [-0.05, 0) is 48.9 Å². The molecule has 2 aromatic heterocycles. The Kier molecular flexibility index (Phi) is 5.94. The van der Waals surface area contributed by atoms with Gasteiger partial charge in [0.25, 0.3) is 5.56 Å². The van der Waals surface area contributed by atoms with E-state index in [0.717, 1.165) is 21.6 Å². The van der Waals surface area contributed by atoms with Gasteiger partial charge in [0, 0.05) is 30.6 Å². The number of amides is 1. The molecule has 3 aromatic rings. The Hall–Kier alpha value is -3.48. The van der Waals surface area contributed by atoms with Crippen LogP contribution in [0.2, 0.25) is 0 Å². The summed E-state index contributed by atoms with van der Waals surface area (Å²) >= 11 is 0. The van der Waals surface area contributed by atoms with Crippen LogP contribution in [0.25, 0.3) is 11.3 Å². The fourth-order valence-electron chi connectivity index (χ4n) is 2.50. The Morgan fingerprint density at radius 3 is 2.67 bits per heavy atom. The van der Waals surface area contributed by atoms with Crippen LogP contribution in [-0.2, 0) is 17.9 Å². The molecule has 138 valence electrons. The van der Waals surface area contributed by atoms with E-state index in [-0.39, 0.29) is 18.0 Å². The third kappa shape index (κ3) is 5.01. The molecule has 0 atom stereocenters. The number of carbonyl (C=O) groups is 1. The molecule has 0 aliphatic heterocycles. The Bertz CT molecular complexity index is 953. The van der Waals surface area contributed by atoms with E-state index < -0.39 is 0 Å². The van der Waals surface area contributed by atoms with Gasteiger partial charge in [-0.25, -0.2) is 4.68 Å². The molecule has 0 bridgehead atoms. The van der Waals surface area contributed by atoms with Crippen molar-refractivity contribution in [2.24, 2.45) is 0 Å². The molecule has 1 N–H and O–H groups in total. The molecule has 2 heterocycles. The zero-order valence-electron chi connectivity index (χ0n) is 15.0. The normalized spacial score (nSPS) is 10.4. The summed E-state index contributed by atoms with van der Waals surface area (Å²) in [5, 5.41) is 7.06. The van der Waals surface area contributed by atoms with E-state index in [9.17, 15) is 9.59 Å². The second-order valence-electron chi connectivity index (χ2n) is 5.81. The van der Waals surface area contributed by atoms with Gasteiger partial charge < -0.3 is 10.1 Å². The van der Waals surface area contributed by atoms with Crippen molar-refractivity contribution in [1.29, 1.82) is 0 Å². The maximum Gasteiger partial charge on any atom is 0.267 e. The number of rotatable bonds is 7. The molecular weight excluding hydrogens is 344 g/mol. The average Bonchev–Trinajstić information content (AvgIpc) is 2.70. The molecule has 27 heavy (non-hydrogen) atoms. The lowest BCUT2D eigenvalue weighted by molar-refractivity contribution is -0.122. The molecule has 7 heteroatoms. The molecule has 0 spiro atoms. The molecule has 0 fully saturated rings. The number of hydrogen-bond donors (Lipinski definition) is 1. The summed E-state index contributed by atoms with van der Waals surface area (Å²) in [6.07, 6.45) is 3.35. The first-order chi connectivity index (χ1) is 13.2. The van der Waals surface area contributed by atoms with Crippen LogP contribution in [0.4, 0.5) is 0 Å². The van der Waals surface area contributed by atoms with Gasteiger partial charge in [0.1, 0.15) is 12.3 Å². The van der Waals surface area contributed by atoms with Gasteiger partial charge >= 0.3 is 0 Å². The zero-order chi connectivity index (χ0) is 19.1. The van der Waals surface area contributed by atoms with Crippen molar-refractivity contribution >= 4 is 5.91 Å². The van der Waals surface area contributed by atoms with E-state index in [4.69, 9.17) is 4.74 Å². The molecule has 3 rings (SSSR count). The predicted octanol–water partition coefficient (Wildman–Crippen LogP) is 2.02. The highest BCUT2D eigenvalue weighted by Gasteiger charge is 2.08. The van der Waals surface area contributed by atoms with Crippen molar-refractivity contribution in [1.82, 2.24) is 20.1 Å². The topological polar surface area (TPSA) is 86.1 Å². The number of nitrogens with one attached hydrogen (secondary N) is 1. The summed E-state index contributed by atoms with van der Waals surface area (Å²) in [5.74, 6) is 0.474. The quantitative estimate of drug-likeness (QED) is 0.693. The van der Waals surface area contributed by atoms with Gasteiger partial charge in [0.15, 0.2) is 0 Å². The van der Waals surface area contributed by atoms with Crippen LogP contribution in [0.1, 0.15) is 12.5 Å². The summed E-state index contributed by atoms with van der Waals surface area (Å²) in [7, 11) is 0. The van der Waals surface area contributed by atoms with Gasteiger partial charge in [0.2, 0.25) is 5.91 Å². The van der Waals surface area contributed by atoms with E-state index >= 15 is 0 Å². The van der Waals surface area contributed by atoms with E-state index in [1.807, 2.05) is 37.3 Å². The van der Waals surface area contributed by atoms with Crippen LogP contribution in [0, 0.1) is 0 Å². The minimum atomic E-state index is -0.332. The number of benzene rings is 1. The zero-order valence-corrected chi connectivity index (χ0v) is 15.0. The van der Waals surface area contributed by atoms with Crippen LogP contribution < -0.4 is 15.6 Å². The summed E-state index contributed by atoms with van der Waals surface area (Å²) in [5.41, 5.74) is 2.00. The first-order valence-corrected chi connectivity index (χ1v) is 8.62. The van der Waals surface area contributed by atoms with Gasteiger partial charge in [-0.15, -0.1) is 0 Å². The van der Waals surface area contributed by atoms with Crippen LogP contribution in [0.5, 0.6) is 5.75 Å². The standard InChI is InChI=1S/C20H20N4O3/c1-2-27-17-7-5-16(6-8-17)18-9-10-20(26)24(23-18)14-19(25)22-13-15-4-3-11-21-12-15/h3-12H,2,13-14H2,1H3,(H,22,25). The minimum absolute atomic E-state index is 0.149. The molecule has 0 saturated carbocycles. The summed E-state index contributed by atoms with van der Waals surface area (Å²) < 4.78 is 6.58. The second-order valence-corrected chi connectivity index (χ2v) is 5.81. The number of ether oxygens (including phenoxy) is 1. The minimum Gasteiger partial charge on any atom is -0.494 e. The highest BCUT2D eigenvalue weighted by Crippen LogP contribution is 2.19. The third-order valence-electron chi connectivity index (χ3n) is 3.83. The fraction of sp³-hybridized carbons (Fsp3) is 0.200. The van der Waals surface area contributed by atoms with Gasteiger partial charge in [-0.2, -0.15) is 5.10 Å². The highest BCUT2D eigenvalue weighted by molar-refractivity contribution is 5.75. The fourth-order valence-corrected chi connectivity index (χ4v) is 2.50. The van der Waals surface area contributed by atoms with Crippen LogP contribution in [0.3, 0.4) is 0 Å². The Morgan fingerprint density at radius 1 is 1.15 bits per heavy atom. The molecule has 7 nitrogen and oxygen atoms in total. The second kappa shape index (κ2) is 8.75. The number of nitrogens with zero attached hydrogens (tertiary/aromatic N) is 3. The lowest BCUT2D eigenvalue weighted by Gasteiger charge is -2.09. The predicted molar refractivity (Wildman–Crippen MR) is 101 cm³/mol. The van der Waals surface area contributed by atoms with Crippen molar-refractivity contribution in [3.05, 3.63) is 76.8 Å². The number of carbonyl (C=O) groups excluding carboxylic acids is 1. The first-order valence-electron chi connectivity index (χ1n) is 8.62. The Balaban J connectivity index is 1.69. The van der Waals surface area contributed by atoms with Crippen LogP contribution in [0.15, 0.2) is 65.7 Å². The largest absolute Gasteiger partial charge is 0.494 e. The van der Waals surface area contributed by atoms with Crippen molar-refractivity contribution < 1.29 is 9.53 Å². The highest BCUT2D eigenvalue weighted by atomic mass is 16.5. The van der Waals surface area contributed by atoms with Gasteiger partial charge in [-0.1, -0.05) is 6.07 Å². The first kappa shape index (κ1) is 18.3. The van der Waals surface area contributed by atoms with Crippen molar-refractivity contribution in [3.8, 4) is 17.0 Å². The lowest BCUT2D eigenvalue weighted by Crippen LogP contribution is -2.33. The molecule has 0 aliphatic rings. The molecule has 0 saturated heterocycles. The number of hydrogen-bond acceptors (Lipinski definition) is 5. The number of pyridine rings is 1. The van der Waals surface area contributed by atoms with Gasteiger partial charge in [-0.3, -0.25) is 14.6 Å². The number of aromatic nitrogens is 3. The maximum absolute atomic E-state index is 12.2. The summed E-state index contributed by atoms with van der Waals surface area (Å²) in [6, 6.07) is 14.1. The Morgan fingerprint density at radius 2 is 1.96 bits per heavy atom. The van der Waals surface area contributed by atoms with E-state index in [1.54, 1.807) is 24.5 Å². The van der Waals surface area contributed by atoms with Crippen molar-refractivity contribution in [2.45, 2.75) is 20.0 Å². The smallest absolute Gasteiger partial charge is 0.267 e. The lowest BCUT2D eigenvalue weighted by atomic mass is 10.1. The molecule has 1 aromatic carbocycles. The third-order valence-corrected chi connectivity index (χ3v) is 3.83.